The van der Waals surface area contributed by atoms with Crippen LogP contribution in [0.3, 0.4) is 0 Å². The summed E-state index contributed by atoms with van der Waals surface area (Å²) in [6, 6.07) is 10.1. The summed E-state index contributed by atoms with van der Waals surface area (Å²) in [5.74, 6) is 4.98. The van der Waals surface area contributed by atoms with Crippen LogP contribution in [0.5, 0.6) is 0 Å². The smallest absolute Gasteiger partial charge is 0.255 e. The van der Waals surface area contributed by atoms with Crippen molar-refractivity contribution in [2.75, 3.05) is 10.7 Å². The van der Waals surface area contributed by atoms with E-state index in [1.54, 1.807) is 36.4 Å². The Hall–Kier alpha value is -1.27. The molecule has 0 saturated heterocycles. The summed E-state index contributed by atoms with van der Waals surface area (Å²) in [5.41, 5.74) is 4.14. The van der Waals surface area contributed by atoms with Crippen molar-refractivity contribution in [3.8, 4) is 0 Å². The van der Waals surface area contributed by atoms with Gasteiger partial charge in [0.2, 0.25) is 0 Å². The van der Waals surface area contributed by atoms with E-state index in [1.807, 2.05) is 0 Å². The number of nitrogens with one attached hydrogen (secondary N) is 2. The predicted octanol–water partition coefficient (Wildman–Crippen LogP) is 4.29. The zero-order chi connectivity index (χ0) is 14.7. The van der Waals surface area contributed by atoms with Crippen LogP contribution >= 0.6 is 39.1 Å². The van der Waals surface area contributed by atoms with E-state index < -0.39 is 0 Å². The number of hydrogen-bond acceptors (Lipinski definition) is 3. The molecule has 2 rings (SSSR count). The molecule has 4 N–H and O–H groups in total. The third-order valence-electron chi connectivity index (χ3n) is 2.60. The van der Waals surface area contributed by atoms with E-state index in [4.69, 9.17) is 29.0 Å². The second-order valence-electron chi connectivity index (χ2n) is 3.90. The van der Waals surface area contributed by atoms with Crippen LogP contribution in [0, 0.1) is 0 Å². The van der Waals surface area contributed by atoms with E-state index in [-0.39, 0.29) is 10.9 Å². The SMILES string of the molecule is NNc1ccc(C(=O)Nc2ccc(Br)c(Cl)c2Cl)cc1. The van der Waals surface area contributed by atoms with Gasteiger partial charge in [0.25, 0.3) is 5.91 Å². The maximum atomic E-state index is 12.1. The molecule has 0 spiro atoms. The summed E-state index contributed by atoms with van der Waals surface area (Å²) in [4.78, 5) is 12.1. The molecule has 2 aromatic carbocycles. The normalized spacial score (nSPS) is 10.2. The number of amides is 1. The lowest BCUT2D eigenvalue weighted by Crippen LogP contribution is -2.13. The van der Waals surface area contributed by atoms with Gasteiger partial charge < -0.3 is 10.7 Å². The van der Waals surface area contributed by atoms with E-state index in [1.165, 1.54) is 0 Å². The van der Waals surface area contributed by atoms with Gasteiger partial charge in [-0.1, -0.05) is 23.2 Å². The largest absolute Gasteiger partial charge is 0.324 e. The van der Waals surface area contributed by atoms with Crippen LogP contribution in [0.4, 0.5) is 11.4 Å². The van der Waals surface area contributed by atoms with Crippen molar-refractivity contribution in [1.82, 2.24) is 0 Å². The van der Waals surface area contributed by atoms with Crippen molar-refractivity contribution in [2.45, 2.75) is 0 Å². The van der Waals surface area contributed by atoms with E-state index in [2.05, 4.69) is 26.7 Å². The molecule has 0 heterocycles. The number of hydrazine groups is 1. The van der Waals surface area contributed by atoms with Gasteiger partial charge in [0.05, 0.1) is 15.7 Å². The molecule has 0 unspecified atom stereocenters. The fraction of sp³-hybridized carbons (Fsp3) is 0. The number of anilines is 2. The Kier molecular flexibility index (Phi) is 4.88. The highest BCUT2D eigenvalue weighted by atomic mass is 79.9. The maximum absolute atomic E-state index is 12.1. The molecule has 2 aromatic rings. The second kappa shape index (κ2) is 6.45. The molecular weight excluding hydrogens is 365 g/mol. The number of carbonyl (C=O) groups excluding carboxylic acids is 1. The topological polar surface area (TPSA) is 67.1 Å². The summed E-state index contributed by atoms with van der Waals surface area (Å²) in [5, 5.41) is 3.34. The van der Waals surface area contributed by atoms with Crippen LogP contribution in [-0.2, 0) is 0 Å². The Morgan fingerprint density at radius 3 is 2.30 bits per heavy atom. The third kappa shape index (κ3) is 3.24. The van der Waals surface area contributed by atoms with Crippen molar-refractivity contribution >= 4 is 56.4 Å². The quantitative estimate of drug-likeness (QED) is 0.426. The van der Waals surface area contributed by atoms with Crippen molar-refractivity contribution < 1.29 is 4.79 Å². The Labute approximate surface area is 134 Å². The monoisotopic (exact) mass is 373 g/mol. The number of nitrogens with two attached hydrogens (primary N) is 1. The molecule has 0 radical (unpaired) electrons. The zero-order valence-electron chi connectivity index (χ0n) is 10.1. The van der Waals surface area contributed by atoms with Crippen LogP contribution in [0.2, 0.25) is 10.0 Å². The van der Waals surface area contributed by atoms with Crippen molar-refractivity contribution in [2.24, 2.45) is 5.84 Å². The van der Waals surface area contributed by atoms with Crippen LogP contribution in [0.15, 0.2) is 40.9 Å². The van der Waals surface area contributed by atoms with Crippen LogP contribution in [0.25, 0.3) is 0 Å². The second-order valence-corrected chi connectivity index (χ2v) is 5.51. The Morgan fingerprint density at radius 2 is 1.70 bits per heavy atom. The summed E-state index contributed by atoms with van der Waals surface area (Å²) >= 11 is 15.3. The molecule has 104 valence electrons. The van der Waals surface area contributed by atoms with Gasteiger partial charge in [-0.2, -0.15) is 0 Å². The molecule has 0 aromatic heterocycles. The molecule has 0 fully saturated rings. The van der Waals surface area contributed by atoms with E-state index in [9.17, 15) is 4.79 Å². The van der Waals surface area contributed by atoms with Crippen molar-refractivity contribution in [3.63, 3.8) is 0 Å². The molecule has 1 amide bonds. The maximum Gasteiger partial charge on any atom is 0.255 e. The minimum atomic E-state index is -0.283. The summed E-state index contributed by atoms with van der Waals surface area (Å²) < 4.78 is 0.667. The Bertz CT molecular complexity index is 647. The first kappa shape index (κ1) is 15.1. The minimum absolute atomic E-state index is 0.283. The number of benzene rings is 2. The first-order chi connectivity index (χ1) is 9.52. The molecule has 0 aliphatic rings. The molecule has 20 heavy (non-hydrogen) atoms. The van der Waals surface area contributed by atoms with Gasteiger partial charge in [-0.25, -0.2) is 0 Å². The van der Waals surface area contributed by atoms with Crippen LogP contribution in [-0.4, -0.2) is 5.91 Å². The van der Waals surface area contributed by atoms with Crippen LogP contribution < -0.4 is 16.6 Å². The Morgan fingerprint density at radius 1 is 1.05 bits per heavy atom. The predicted molar refractivity (Wildman–Crippen MR) is 86.4 cm³/mol. The zero-order valence-corrected chi connectivity index (χ0v) is 13.2. The van der Waals surface area contributed by atoms with Gasteiger partial charge in [0.15, 0.2) is 0 Å². The highest BCUT2D eigenvalue weighted by molar-refractivity contribution is 9.10. The lowest BCUT2D eigenvalue weighted by atomic mass is 10.2. The Balaban J connectivity index is 2.21. The summed E-state index contributed by atoms with van der Waals surface area (Å²) in [6.07, 6.45) is 0. The number of rotatable bonds is 3. The average Bonchev–Trinajstić information content (AvgIpc) is 2.48. The molecule has 0 bridgehead atoms. The van der Waals surface area contributed by atoms with Gasteiger partial charge >= 0.3 is 0 Å². The van der Waals surface area contributed by atoms with E-state index in [0.29, 0.717) is 26.4 Å². The van der Waals surface area contributed by atoms with Gasteiger partial charge in [-0.05, 0) is 52.3 Å². The first-order valence-corrected chi connectivity index (χ1v) is 7.09. The molecule has 0 atom stereocenters. The van der Waals surface area contributed by atoms with Gasteiger partial charge in [-0.15, -0.1) is 0 Å². The van der Waals surface area contributed by atoms with Gasteiger partial charge in [0.1, 0.15) is 0 Å². The molecule has 0 aliphatic heterocycles. The minimum Gasteiger partial charge on any atom is -0.324 e. The summed E-state index contributed by atoms with van der Waals surface area (Å²) in [7, 11) is 0. The molecule has 7 heteroatoms. The first-order valence-electron chi connectivity index (χ1n) is 5.54. The standard InChI is InChI=1S/C13H10BrCl2N3O/c14-9-5-6-10(12(16)11(9)15)18-13(20)7-1-3-8(19-17)4-2-7/h1-6,19H,17H2,(H,18,20). The fourth-order valence-corrected chi connectivity index (χ4v) is 2.36. The van der Waals surface area contributed by atoms with Crippen LogP contribution in [0.1, 0.15) is 10.4 Å². The van der Waals surface area contributed by atoms with Gasteiger partial charge in [0, 0.05) is 15.7 Å². The number of carbonyl (C=O) groups is 1. The van der Waals surface area contributed by atoms with Crippen molar-refractivity contribution in [1.29, 1.82) is 0 Å². The average molecular weight is 375 g/mol. The fourth-order valence-electron chi connectivity index (χ4n) is 1.53. The van der Waals surface area contributed by atoms with Crippen molar-refractivity contribution in [3.05, 3.63) is 56.5 Å². The summed E-state index contributed by atoms with van der Waals surface area (Å²) in [6.45, 7) is 0. The lowest BCUT2D eigenvalue weighted by molar-refractivity contribution is 0.102. The third-order valence-corrected chi connectivity index (χ3v) is 4.37. The van der Waals surface area contributed by atoms with E-state index >= 15 is 0 Å². The number of halogens is 3. The number of nitrogen functional groups attached to an aromatic ring is 1. The molecule has 0 saturated carbocycles. The lowest BCUT2D eigenvalue weighted by Gasteiger charge is -2.09. The molecule has 4 nitrogen and oxygen atoms in total. The molecular formula is C13H10BrCl2N3O. The van der Waals surface area contributed by atoms with E-state index in [0.717, 1.165) is 0 Å². The number of hydrogen-bond donors (Lipinski definition) is 3. The van der Waals surface area contributed by atoms with Gasteiger partial charge in [-0.3, -0.25) is 10.6 Å². The highest BCUT2D eigenvalue weighted by Gasteiger charge is 2.12. The highest BCUT2D eigenvalue weighted by Crippen LogP contribution is 2.35. The molecule has 0 aliphatic carbocycles.